The maximum absolute atomic E-state index is 13.1. The molecule has 0 aliphatic heterocycles. The predicted octanol–water partition coefficient (Wildman–Crippen LogP) is 1.90. The van der Waals surface area contributed by atoms with E-state index in [-0.39, 0.29) is 23.0 Å². The number of hydrogen-bond donors (Lipinski definition) is 2. The molecule has 1 atom stereocenters. The van der Waals surface area contributed by atoms with E-state index in [2.05, 4.69) is 0 Å². The van der Waals surface area contributed by atoms with Gasteiger partial charge in [-0.25, -0.2) is 4.39 Å². The van der Waals surface area contributed by atoms with Crippen LogP contribution in [0.25, 0.3) is 0 Å². The Morgan fingerprint density at radius 1 is 1.54 bits per heavy atom. The summed E-state index contributed by atoms with van der Waals surface area (Å²) in [5.74, 6) is -0.313. The molecule has 0 saturated carbocycles. The van der Waals surface area contributed by atoms with Crippen LogP contribution in [0.5, 0.6) is 5.75 Å². The summed E-state index contributed by atoms with van der Waals surface area (Å²) in [4.78, 5) is 0. The van der Waals surface area contributed by atoms with Crippen molar-refractivity contribution in [3.8, 4) is 5.75 Å². The highest BCUT2D eigenvalue weighted by Crippen LogP contribution is 2.25. The number of halogens is 1. The van der Waals surface area contributed by atoms with Gasteiger partial charge in [-0.2, -0.15) is 0 Å². The van der Waals surface area contributed by atoms with E-state index < -0.39 is 0 Å². The van der Waals surface area contributed by atoms with Gasteiger partial charge in [-0.1, -0.05) is 6.92 Å². The number of hydrogen-bond acceptors (Lipinski definition) is 2. The Balaban J connectivity index is 3.13. The van der Waals surface area contributed by atoms with Gasteiger partial charge < -0.3 is 10.8 Å². The topological polar surface area (TPSA) is 46.2 Å². The van der Waals surface area contributed by atoms with Crippen LogP contribution < -0.4 is 5.73 Å². The van der Waals surface area contributed by atoms with Gasteiger partial charge in [-0.3, -0.25) is 0 Å². The van der Waals surface area contributed by atoms with Gasteiger partial charge in [0.15, 0.2) is 0 Å². The maximum atomic E-state index is 13.1. The van der Waals surface area contributed by atoms with Crippen LogP contribution in [0.1, 0.15) is 24.0 Å². The Morgan fingerprint density at radius 2 is 2.15 bits per heavy atom. The van der Waals surface area contributed by atoms with E-state index >= 15 is 0 Å². The minimum Gasteiger partial charge on any atom is -0.508 e. The van der Waals surface area contributed by atoms with Gasteiger partial charge in [0, 0.05) is 5.56 Å². The van der Waals surface area contributed by atoms with Crippen LogP contribution in [-0.2, 0) is 0 Å². The first kappa shape index (κ1) is 9.99. The second-order valence-corrected chi connectivity index (χ2v) is 3.28. The molecule has 13 heavy (non-hydrogen) atoms. The van der Waals surface area contributed by atoms with Crippen molar-refractivity contribution < 1.29 is 9.50 Å². The van der Waals surface area contributed by atoms with Crippen LogP contribution in [0.3, 0.4) is 0 Å². The molecule has 0 spiro atoms. The SMILES string of the molecule is Cc1c(O)cc(C(C)CN)cc1F. The van der Waals surface area contributed by atoms with Crippen LogP contribution in [-0.4, -0.2) is 11.7 Å². The molecular weight excluding hydrogens is 169 g/mol. The second-order valence-electron chi connectivity index (χ2n) is 3.28. The average Bonchev–Trinajstić information content (AvgIpc) is 2.12. The summed E-state index contributed by atoms with van der Waals surface area (Å²) in [7, 11) is 0. The van der Waals surface area contributed by atoms with Crippen LogP contribution in [0.15, 0.2) is 12.1 Å². The summed E-state index contributed by atoms with van der Waals surface area (Å²) in [6.07, 6.45) is 0. The molecule has 3 heteroatoms. The van der Waals surface area contributed by atoms with Crippen molar-refractivity contribution in [1.29, 1.82) is 0 Å². The lowest BCUT2D eigenvalue weighted by atomic mass is 9.99. The van der Waals surface area contributed by atoms with E-state index in [9.17, 15) is 9.50 Å². The maximum Gasteiger partial charge on any atom is 0.130 e. The van der Waals surface area contributed by atoms with Crippen LogP contribution in [0.4, 0.5) is 4.39 Å². The van der Waals surface area contributed by atoms with Crippen molar-refractivity contribution >= 4 is 0 Å². The minimum atomic E-state index is -0.379. The number of phenols is 1. The smallest absolute Gasteiger partial charge is 0.130 e. The highest BCUT2D eigenvalue weighted by atomic mass is 19.1. The van der Waals surface area contributed by atoms with Crippen molar-refractivity contribution in [3.05, 3.63) is 29.1 Å². The lowest BCUT2D eigenvalue weighted by Crippen LogP contribution is -2.09. The molecule has 0 aliphatic carbocycles. The molecule has 0 amide bonds. The van der Waals surface area contributed by atoms with E-state index in [1.165, 1.54) is 6.07 Å². The Hall–Kier alpha value is -1.09. The third-order valence-electron chi connectivity index (χ3n) is 2.26. The van der Waals surface area contributed by atoms with Gasteiger partial charge in [0.2, 0.25) is 0 Å². The van der Waals surface area contributed by atoms with Crippen LogP contribution in [0, 0.1) is 12.7 Å². The Bertz CT molecular complexity index is 289. The molecule has 1 aromatic rings. The molecule has 0 bridgehead atoms. The van der Waals surface area contributed by atoms with E-state index in [1.54, 1.807) is 13.0 Å². The van der Waals surface area contributed by atoms with Gasteiger partial charge in [0.1, 0.15) is 11.6 Å². The lowest BCUT2D eigenvalue weighted by molar-refractivity contribution is 0.461. The highest BCUT2D eigenvalue weighted by molar-refractivity contribution is 5.38. The molecule has 0 heterocycles. The van der Waals surface area contributed by atoms with Gasteiger partial charge in [-0.05, 0) is 37.1 Å². The molecule has 3 N–H and O–H groups in total. The molecule has 0 saturated heterocycles. The fourth-order valence-electron chi connectivity index (χ4n) is 1.11. The fraction of sp³-hybridized carbons (Fsp3) is 0.400. The highest BCUT2D eigenvalue weighted by Gasteiger charge is 2.09. The quantitative estimate of drug-likeness (QED) is 0.735. The largest absolute Gasteiger partial charge is 0.508 e. The average molecular weight is 183 g/mol. The molecular formula is C10H14FNO. The second kappa shape index (κ2) is 3.75. The summed E-state index contributed by atoms with van der Waals surface area (Å²) >= 11 is 0. The van der Waals surface area contributed by atoms with E-state index in [0.717, 1.165) is 5.56 Å². The first-order valence-corrected chi connectivity index (χ1v) is 4.25. The van der Waals surface area contributed by atoms with Crippen molar-refractivity contribution in [2.75, 3.05) is 6.54 Å². The molecule has 1 aromatic carbocycles. The molecule has 1 unspecified atom stereocenters. The fourth-order valence-corrected chi connectivity index (χ4v) is 1.11. The predicted molar refractivity (Wildman–Crippen MR) is 50.3 cm³/mol. The number of rotatable bonds is 2. The van der Waals surface area contributed by atoms with Crippen LogP contribution >= 0.6 is 0 Å². The molecule has 0 fully saturated rings. The third-order valence-corrected chi connectivity index (χ3v) is 2.26. The zero-order valence-electron chi connectivity index (χ0n) is 7.84. The Labute approximate surface area is 77.2 Å². The number of benzene rings is 1. The van der Waals surface area contributed by atoms with Gasteiger partial charge >= 0.3 is 0 Å². The molecule has 0 aliphatic rings. The summed E-state index contributed by atoms with van der Waals surface area (Å²) in [6, 6.07) is 2.99. The molecule has 72 valence electrons. The van der Waals surface area contributed by atoms with Gasteiger partial charge in [-0.15, -0.1) is 0 Å². The molecule has 2 nitrogen and oxygen atoms in total. The van der Waals surface area contributed by atoms with Gasteiger partial charge in [0.05, 0.1) is 0 Å². The number of nitrogens with two attached hydrogens (primary N) is 1. The summed E-state index contributed by atoms with van der Waals surface area (Å²) in [5.41, 5.74) is 6.46. The zero-order chi connectivity index (χ0) is 10.0. The monoisotopic (exact) mass is 183 g/mol. The van der Waals surface area contributed by atoms with Gasteiger partial charge in [0.25, 0.3) is 0 Å². The zero-order valence-corrected chi connectivity index (χ0v) is 7.84. The summed E-state index contributed by atoms with van der Waals surface area (Å²) < 4.78 is 13.1. The standard InChI is InChI=1S/C10H14FNO/c1-6(5-12)8-3-9(11)7(2)10(13)4-8/h3-4,6,13H,5,12H2,1-2H3. The van der Waals surface area contributed by atoms with Crippen molar-refractivity contribution in [1.82, 2.24) is 0 Å². The minimum absolute atomic E-state index is 0.00435. The third kappa shape index (κ3) is 1.98. The number of aromatic hydroxyl groups is 1. The van der Waals surface area contributed by atoms with Crippen LogP contribution in [0.2, 0.25) is 0 Å². The summed E-state index contributed by atoms with van der Waals surface area (Å²) in [6.45, 7) is 3.88. The van der Waals surface area contributed by atoms with E-state index in [0.29, 0.717) is 6.54 Å². The Morgan fingerprint density at radius 3 is 2.62 bits per heavy atom. The Kier molecular flexibility index (Phi) is 2.88. The number of phenolic OH excluding ortho intramolecular Hbond substituents is 1. The molecule has 0 aromatic heterocycles. The molecule has 0 radical (unpaired) electrons. The van der Waals surface area contributed by atoms with E-state index in [4.69, 9.17) is 5.73 Å². The first-order chi connectivity index (χ1) is 6.06. The molecule has 1 rings (SSSR count). The lowest BCUT2D eigenvalue weighted by Gasteiger charge is -2.10. The van der Waals surface area contributed by atoms with Crippen molar-refractivity contribution in [2.45, 2.75) is 19.8 Å². The first-order valence-electron chi connectivity index (χ1n) is 4.25. The summed E-state index contributed by atoms with van der Waals surface area (Å²) in [5, 5.41) is 9.34. The van der Waals surface area contributed by atoms with Crippen molar-refractivity contribution in [2.24, 2.45) is 5.73 Å². The normalized spacial score (nSPS) is 12.9. The van der Waals surface area contributed by atoms with E-state index in [1.807, 2.05) is 6.92 Å². The van der Waals surface area contributed by atoms with Crippen molar-refractivity contribution in [3.63, 3.8) is 0 Å².